The highest BCUT2D eigenvalue weighted by molar-refractivity contribution is 5.91. The van der Waals surface area contributed by atoms with E-state index in [-0.39, 0.29) is 12.1 Å². The maximum Gasteiger partial charge on any atom is 0.319 e. The van der Waals surface area contributed by atoms with Crippen molar-refractivity contribution < 1.29 is 9.53 Å². The number of benzene rings is 2. The second kappa shape index (κ2) is 11.5. The number of rotatable bonds is 7. The molecule has 0 atom stereocenters. The van der Waals surface area contributed by atoms with Gasteiger partial charge in [0.05, 0.1) is 11.4 Å². The summed E-state index contributed by atoms with van der Waals surface area (Å²) in [7, 11) is 4.10. The maximum atomic E-state index is 12.8. The van der Waals surface area contributed by atoms with E-state index in [9.17, 15) is 4.79 Å². The van der Waals surface area contributed by atoms with Crippen molar-refractivity contribution in [2.75, 3.05) is 29.6 Å². The van der Waals surface area contributed by atoms with Gasteiger partial charge in [0.25, 0.3) is 0 Å². The topological polar surface area (TPSA) is 91.4 Å². The van der Waals surface area contributed by atoms with Gasteiger partial charge in [-0.15, -0.1) is 0 Å². The van der Waals surface area contributed by atoms with E-state index in [0.717, 1.165) is 56.0 Å². The van der Waals surface area contributed by atoms with E-state index in [2.05, 4.69) is 34.9 Å². The quantitative estimate of drug-likeness (QED) is 0.382. The van der Waals surface area contributed by atoms with Crippen molar-refractivity contribution in [3.63, 3.8) is 0 Å². The minimum atomic E-state index is -0.214. The highest BCUT2D eigenvalue weighted by Gasteiger charge is 2.25. The third-order valence-electron chi connectivity index (χ3n) is 7.09. The highest BCUT2D eigenvalue weighted by Crippen LogP contribution is 2.31. The number of aromatic nitrogens is 2. The number of fused-ring (bicyclic) bond motifs is 1. The predicted octanol–water partition coefficient (Wildman–Crippen LogP) is 5.76. The van der Waals surface area contributed by atoms with E-state index < -0.39 is 0 Å². The van der Waals surface area contributed by atoms with Crippen LogP contribution in [-0.2, 0) is 12.8 Å². The summed E-state index contributed by atoms with van der Waals surface area (Å²) in [6.45, 7) is 0. The van der Waals surface area contributed by atoms with Crippen LogP contribution < -0.4 is 25.6 Å². The maximum absolute atomic E-state index is 12.8. The normalized spacial score (nSPS) is 18.9. The molecular formula is C29H36N6O2. The molecule has 0 radical (unpaired) electrons. The van der Waals surface area contributed by atoms with Gasteiger partial charge in [-0.3, -0.25) is 0 Å². The Hall–Kier alpha value is -3.81. The van der Waals surface area contributed by atoms with Crippen LogP contribution in [0.1, 0.15) is 49.8 Å². The lowest BCUT2D eigenvalue weighted by Crippen LogP contribution is -2.42. The van der Waals surface area contributed by atoms with Gasteiger partial charge in [0.1, 0.15) is 11.6 Å². The molecule has 0 aliphatic heterocycles. The van der Waals surface area contributed by atoms with Crippen molar-refractivity contribution in [1.82, 2.24) is 15.3 Å². The van der Waals surface area contributed by atoms with Gasteiger partial charge < -0.3 is 25.6 Å². The van der Waals surface area contributed by atoms with Gasteiger partial charge in [-0.05, 0) is 75.6 Å². The van der Waals surface area contributed by atoms with Crippen molar-refractivity contribution in [2.45, 2.75) is 63.5 Å². The number of nitrogens with zero attached hydrogens (tertiary/aromatic N) is 3. The summed E-state index contributed by atoms with van der Waals surface area (Å²) in [6.07, 6.45) is 8.20. The van der Waals surface area contributed by atoms with E-state index in [4.69, 9.17) is 14.7 Å². The molecule has 2 aliphatic rings. The molecule has 3 N–H and O–H groups in total. The Balaban J connectivity index is 1.14. The first-order chi connectivity index (χ1) is 18.0. The van der Waals surface area contributed by atoms with Gasteiger partial charge in [-0.2, -0.15) is 4.98 Å². The van der Waals surface area contributed by atoms with Crippen LogP contribution in [0, 0.1) is 0 Å². The number of carbonyl (C=O) groups excluding carboxylic acids is 1. The summed E-state index contributed by atoms with van der Waals surface area (Å²) in [4.78, 5) is 24.6. The van der Waals surface area contributed by atoms with E-state index >= 15 is 0 Å². The minimum Gasteiger partial charge on any atom is -0.455 e. The number of para-hydroxylation sites is 3. The Kier molecular flexibility index (Phi) is 7.73. The highest BCUT2D eigenvalue weighted by atomic mass is 16.5. The Bertz CT molecular complexity index is 1210. The summed E-state index contributed by atoms with van der Waals surface area (Å²) < 4.78 is 5.96. The summed E-state index contributed by atoms with van der Waals surface area (Å²) in [5.74, 6) is 3.10. The van der Waals surface area contributed by atoms with E-state index in [1.807, 2.05) is 54.6 Å². The number of carbonyl (C=O) groups is 1. The zero-order valence-electron chi connectivity index (χ0n) is 21.7. The van der Waals surface area contributed by atoms with Crippen LogP contribution in [0.25, 0.3) is 0 Å². The zero-order chi connectivity index (χ0) is 25.6. The standard InChI is InChI=1S/C29H36N6O2/c1-35(2)27-23-12-6-7-13-24(23)32-28(34-27)30-20-16-18-21(19-17-20)31-29(36)33-25-14-8-9-15-26(25)37-22-10-4-3-5-11-22/h3-5,8-11,14-15,20-21H,6-7,12-13,16-19H2,1-2H3,(H,30,32,34)(H2,31,33,36)/t20-,21+. The second-order valence-corrected chi connectivity index (χ2v) is 10.1. The fraction of sp³-hybridized carbons (Fsp3) is 0.414. The lowest BCUT2D eigenvalue weighted by Gasteiger charge is -2.30. The van der Waals surface area contributed by atoms with Crippen molar-refractivity contribution in [3.8, 4) is 11.5 Å². The van der Waals surface area contributed by atoms with Crippen LogP contribution in [0.2, 0.25) is 0 Å². The minimum absolute atomic E-state index is 0.127. The Morgan fingerprint density at radius 3 is 2.38 bits per heavy atom. The SMILES string of the molecule is CN(C)c1nc(N[C@H]2CC[C@@H](NC(=O)Nc3ccccc3Oc3ccccc3)CC2)nc2c1CCCC2. The summed E-state index contributed by atoms with van der Waals surface area (Å²) in [6, 6.07) is 17.2. The molecule has 8 nitrogen and oxygen atoms in total. The van der Waals surface area contributed by atoms with Crippen LogP contribution >= 0.6 is 0 Å². The van der Waals surface area contributed by atoms with E-state index in [0.29, 0.717) is 17.5 Å². The van der Waals surface area contributed by atoms with Gasteiger partial charge in [0.15, 0.2) is 5.75 Å². The molecule has 2 aromatic carbocycles. The molecule has 2 aliphatic carbocycles. The van der Waals surface area contributed by atoms with Crippen LogP contribution in [-0.4, -0.2) is 42.2 Å². The molecule has 3 aromatic rings. The van der Waals surface area contributed by atoms with Crippen molar-refractivity contribution in [3.05, 3.63) is 65.9 Å². The molecule has 8 heteroatoms. The van der Waals surface area contributed by atoms with Gasteiger partial charge in [0.2, 0.25) is 5.95 Å². The Labute approximate surface area is 218 Å². The third-order valence-corrected chi connectivity index (χ3v) is 7.09. The number of hydrogen-bond donors (Lipinski definition) is 3. The van der Waals surface area contributed by atoms with Gasteiger partial charge >= 0.3 is 6.03 Å². The van der Waals surface area contributed by atoms with E-state index in [1.165, 1.54) is 24.1 Å². The molecule has 5 rings (SSSR count). The van der Waals surface area contributed by atoms with Crippen LogP contribution in [0.3, 0.4) is 0 Å². The number of hydrogen-bond acceptors (Lipinski definition) is 6. The van der Waals surface area contributed by atoms with E-state index in [1.54, 1.807) is 0 Å². The molecule has 1 saturated carbocycles. The monoisotopic (exact) mass is 500 g/mol. The first-order valence-electron chi connectivity index (χ1n) is 13.3. The van der Waals surface area contributed by atoms with Crippen LogP contribution in [0.4, 0.5) is 22.2 Å². The molecule has 0 saturated heterocycles. The second-order valence-electron chi connectivity index (χ2n) is 10.1. The number of nitrogens with one attached hydrogen (secondary N) is 3. The molecule has 194 valence electrons. The lowest BCUT2D eigenvalue weighted by atomic mass is 9.91. The summed E-state index contributed by atoms with van der Waals surface area (Å²) in [5.41, 5.74) is 3.13. The van der Waals surface area contributed by atoms with Crippen molar-refractivity contribution >= 4 is 23.5 Å². The molecule has 0 bridgehead atoms. The molecule has 0 unspecified atom stereocenters. The fourth-order valence-corrected chi connectivity index (χ4v) is 5.19. The fourth-order valence-electron chi connectivity index (χ4n) is 5.19. The average Bonchev–Trinajstić information content (AvgIpc) is 2.91. The molecule has 1 aromatic heterocycles. The number of ether oxygens (including phenoxy) is 1. The van der Waals surface area contributed by atoms with Gasteiger partial charge in [-0.1, -0.05) is 30.3 Å². The smallest absolute Gasteiger partial charge is 0.319 e. The Morgan fingerprint density at radius 1 is 0.892 bits per heavy atom. The van der Waals surface area contributed by atoms with Crippen LogP contribution in [0.5, 0.6) is 11.5 Å². The molecule has 1 fully saturated rings. The number of amides is 2. The summed E-state index contributed by atoms with van der Waals surface area (Å²) >= 11 is 0. The van der Waals surface area contributed by atoms with Crippen molar-refractivity contribution in [2.24, 2.45) is 0 Å². The molecular weight excluding hydrogens is 464 g/mol. The van der Waals surface area contributed by atoms with Gasteiger partial charge in [-0.25, -0.2) is 9.78 Å². The Morgan fingerprint density at radius 2 is 1.59 bits per heavy atom. The van der Waals surface area contributed by atoms with Crippen molar-refractivity contribution in [1.29, 1.82) is 0 Å². The summed E-state index contributed by atoms with van der Waals surface area (Å²) in [5, 5.41) is 9.67. The molecule has 2 amide bonds. The average molecular weight is 501 g/mol. The zero-order valence-corrected chi connectivity index (χ0v) is 21.7. The first-order valence-corrected chi connectivity index (χ1v) is 13.3. The van der Waals surface area contributed by atoms with Crippen LogP contribution in [0.15, 0.2) is 54.6 Å². The molecule has 37 heavy (non-hydrogen) atoms. The number of urea groups is 1. The lowest BCUT2D eigenvalue weighted by molar-refractivity contribution is 0.243. The molecule has 0 spiro atoms. The first kappa shape index (κ1) is 24.9. The number of anilines is 3. The third kappa shape index (κ3) is 6.31. The number of aryl methyl sites for hydroxylation is 1. The van der Waals surface area contributed by atoms with Gasteiger partial charge in [0, 0.05) is 31.7 Å². The molecule has 1 heterocycles. The largest absolute Gasteiger partial charge is 0.455 e. The predicted molar refractivity (Wildman–Crippen MR) is 148 cm³/mol.